The van der Waals surface area contributed by atoms with Gasteiger partial charge in [0.1, 0.15) is 6.10 Å². The zero-order valence-corrected chi connectivity index (χ0v) is 6.96. The standard InChI is InChI=1S/C7H16O5/c1-4(5(10)2-8)7(12)6(11)3-9/h4-12H,2-3H2,1H3/t4-,5+,6-,7+/m1/s1. The highest BCUT2D eigenvalue weighted by Crippen LogP contribution is 2.11. The van der Waals surface area contributed by atoms with Crippen molar-refractivity contribution in [3.63, 3.8) is 0 Å². The normalized spacial score (nSPS) is 21.5. The Morgan fingerprint density at radius 3 is 1.67 bits per heavy atom. The Kier molecular flexibility index (Phi) is 5.36. The Morgan fingerprint density at radius 1 is 0.917 bits per heavy atom. The van der Waals surface area contributed by atoms with E-state index in [1.807, 2.05) is 0 Å². The predicted octanol–water partition coefficient (Wildman–Crippen LogP) is -2.31. The molecule has 5 nitrogen and oxygen atoms in total. The molecule has 0 aromatic carbocycles. The molecule has 0 unspecified atom stereocenters. The van der Waals surface area contributed by atoms with Gasteiger partial charge >= 0.3 is 0 Å². The van der Waals surface area contributed by atoms with E-state index in [1.54, 1.807) is 0 Å². The Balaban J connectivity index is 3.99. The Hall–Kier alpha value is -0.200. The van der Waals surface area contributed by atoms with Crippen molar-refractivity contribution in [2.45, 2.75) is 25.2 Å². The number of hydrogen-bond donors (Lipinski definition) is 5. The van der Waals surface area contributed by atoms with Crippen LogP contribution in [-0.4, -0.2) is 57.1 Å². The van der Waals surface area contributed by atoms with Gasteiger partial charge in [0.25, 0.3) is 0 Å². The van der Waals surface area contributed by atoms with Gasteiger partial charge in [-0.2, -0.15) is 0 Å². The molecule has 0 saturated heterocycles. The summed E-state index contributed by atoms with van der Waals surface area (Å²) in [6, 6.07) is 0. The first kappa shape index (κ1) is 11.8. The van der Waals surface area contributed by atoms with Crippen LogP contribution in [0.5, 0.6) is 0 Å². The monoisotopic (exact) mass is 180 g/mol. The van der Waals surface area contributed by atoms with E-state index in [2.05, 4.69) is 0 Å². The van der Waals surface area contributed by atoms with Crippen LogP contribution in [0, 0.1) is 5.92 Å². The van der Waals surface area contributed by atoms with E-state index >= 15 is 0 Å². The average Bonchev–Trinajstić information content (AvgIpc) is 2.12. The summed E-state index contributed by atoms with van der Waals surface area (Å²) in [5, 5.41) is 44.2. The lowest BCUT2D eigenvalue weighted by molar-refractivity contribution is -0.0780. The van der Waals surface area contributed by atoms with Crippen molar-refractivity contribution >= 4 is 0 Å². The molecular weight excluding hydrogens is 164 g/mol. The van der Waals surface area contributed by atoms with Crippen molar-refractivity contribution in [2.75, 3.05) is 13.2 Å². The summed E-state index contributed by atoms with van der Waals surface area (Å²) in [6.07, 6.45) is -3.58. The van der Waals surface area contributed by atoms with Crippen LogP contribution in [0.4, 0.5) is 0 Å². The summed E-state index contributed by atoms with van der Waals surface area (Å²) < 4.78 is 0. The van der Waals surface area contributed by atoms with E-state index in [9.17, 15) is 5.11 Å². The van der Waals surface area contributed by atoms with Gasteiger partial charge in [-0.3, -0.25) is 0 Å². The van der Waals surface area contributed by atoms with E-state index in [1.165, 1.54) is 6.92 Å². The molecule has 0 aromatic rings. The SMILES string of the molecule is C[C@@H]([C@H](O)[C@H](O)CO)[C@@H](O)CO. The zero-order valence-electron chi connectivity index (χ0n) is 6.96. The molecule has 0 aliphatic rings. The van der Waals surface area contributed by atoms with Gasteiger partial charge in [-0.15, -0.1) is 0 Å². The molecule has 4 atom stereocenters. The highest BCUT2D eigenvalue weighted by molar-refractivity contribution is 4.77. The Bertz CT molecular complexity index is 104. The minimum absolute atomic E-state index is 0.476. The van der Waals surface area contributed by atoms with Crippen LogP contribution in [0.2, 0.25) is 0 Å². The van der Waals surface area contributed by atoms with Crippen LogP contribution >= 0.6 is 0 Å². The maximum absolute atomic E-state index is 9.21. The molecule has 0 saturated carbocycles. The molecule has 0 rings (SSSR count). The first-order valence-corrected chi connectivity index (χ1v) is 3.80. The molecule has 0 aromatic heterocycles. The summed E-state index contributed by atoms with van der Waals surface area (Å²) in [5.41, 5.74) is 0. The van der Waals surface area contributed by atoms with Gasteiger partial charge in [0, 0.05) is 5.92 Å². The van der Waals surface area contributed by atoms with Crippen LogP contribution in [-0.2, 0) is 0 Å². The lowest BCUT2D eigenvalue weighted by atomic mass is 9.95. The van der Waals surface area contributed by atoms with E-state index in [4.69, 9.17) is 20.4 Å². The second kappa shape index (κ2) is 5.45. The molecular formula is C7H16O5. The van der Waals surface area contributed by atoms with Crippen molar-refractivity contribution in [1.29, 1.82) is 0 Å². The van der Waals surface area contributed by atoms with Crippen LogP contribution in [0.3, 0.4) is 0 Å². The Morgan fingerprint density at radius 2 is 1.33 bits per heavy atom. The van der Waals surface area contributed by atoms with Crippen LogP contribution < -0.4 is 0 Å². The predicted molar refractivity (Wildman–Crippen MR) is 41.4 cm³/mol. The van der Waals surface area contributed by atoms with E-state index in [-0.39, 0.29) is 0 Å². The highest BCUT2D eigenvalue weighted by Gasteiger charge is 2.27. The summed E-state index contributed by atoms with van der Waals surface area (Å²) in [6.45, 7) is 0.435. The molecule has 0 heterocycles. The van der Waals surface area contributed by atoms with Gasteiger partial charge in [0.2, 0.25) is 0 Å². The molecule has 5 N–H and O–H groups in total. The van der Waals surface area contributed by atoms with Gasteiger partial charge in [-0.1, -0.05) is 6.92 Å². The van der Waals surface area contributed by atoms with Crippen molar-refractivity contribution in [1.82, 2.24) is 0 Å². The van der Waals surface area contributed by atoms with Crippen molar-refractivity contribution < 1.29 is 25.5 Å². The van der Waals surface area contributed by atoms with E-state index in [0.717, 1.165) is 0 Å². The van der Waals surface area contributed by atoms with Crippen LogP contribution in [0.1, 0.15) is 6.92 Å². The smallest absolute Gasteiger partial charge is 0.103 e. The quantitative estimate of drug-likeness (QED) is 0.327. The molecule has 0 aliphatic carbocycles. The van der Waals surface area contributed by atoms with Crippen LogP contribution in [0.25, 0.3) is 0 Å². The van der Waals surface area contributed by atoms with Crippen molar-refractivity contribution in [2.24, 2.45) is 5.92 Å². The first-order chi connectivity index (χ1) is 5.54. The highest BCUT2D eigenvalue weighted by atomic mass is 16.4. The summed E-state index contributed by atoms with van der Waals surface area (Å²) in [7, 11) is 0. The Labute approximate surface area is 70.9 Å². The van der Waals surface area contributed by atoms with E-state index in [0.29, 0.717) is 0 Å². The molecule has 0 aliphatic heterocycles. The summed E-state index contributed by atoms with van der Waals surface area (Å²) >= 11 is 0. The lowest BCUT2D eigenvalue weighted by Gasteiger charge is -2.25. The average molecular weight is 180 g/mol. The molecule has 0 bridgehead atoms. The molecule has 0 amide bonds. The zero-order chi connectivity index (χ0) is 9.72. The van der Waals surface area contributed by atoms with Gasteiger partial charge in [-0.25, -0.2) is 0 Å². The maximum Gasteiger partial charge on any atom is 0.103 e. The fraction of sp³-hybridized carbons (Fsp3) is 1.00. The third-order valence-electron chi connectivity index (χ3n) is 1.91. The third-order valence-corrected chi connectivity index (χ3v) is 1.91. The summed E-state index contributed by atoms with van der Waals surface area (Å²) in [5.74, 6) is -0.669. The summed E-state index contributed by atoms with van der Waals surface area (Å²) in [4.78, 5) is 0. The number of hydrogen-bond acceptors (Lipinski definition) is 5. The topological polar surface area (TPSA) is 101 Å². The third kappa shape index (κ3) is 3.04. The lowest BCUT2D eigenvalue weighted by Crippen LogP contribution is -2.41. The number of aliphatic hydroxyl groups excluding tert-OH is 5. The number of aliphatic hydroxyl groups is 5. The van der Waals surface area contributed by atoms with Crippen molar-refractivity contribution in [3.05, 3.63) is 0 Å². The minimum Gasteiger partial charge on any atom is -0.394 e. The van der Waals surface area contributed by atoms with Crippen LogP contribution in [0.15, 0.2) is 0 Å². The fourth-order valence-corrected chi connectivity index (χ4v) is 0.852. The maximum atomic E-state index is 9.21. The fourth-order valence-electron chi connectivity index (χ4n) is 0.852. The second-order valence-electron chi connectivity index (χ2n) is 2.85. The second-order valence-corrected chi connectivity index (χ2v) is 2.85. The van der Waals surface area contributed by atoms with Gasteiger partial charge in [-0.05, 0) is 0 Å². The molecule has 0 fully saturated rings. The molecule has 5 heteroatoms. The van der Waals surface area contributed by atoms with E-state index < -0.39 is 37.4 Å². The largest absolute Gasteiger partial charge is 0.394 e. The molecule has 74 valence electrons. The minimum atomic E-state index is -1.28. The van der Waals surface area contributed by atoms with Gasteiger partial charge < -0.3 is 25.5 Å². The molecule has 0 spiro atoms. The van der Waals surface area contributed by atoms with Gasteiger partial charge in [0.15, 0.2) is 0 Å². The first-order valence-electron chi connectivity index (χ1n) is 3.80. The molecule has 0 radical (unpaired) electrons. The van der Waals surface area contributed by atoms with Crippen molar-refractivity contribution in [3.8, 4) is 0 Å². The van der Waals surface area contributed by atoms with Gasteiger partial charge in [0.05, 0.1) is 25.4 Å². The molecule has 12 heavy (non-hydrogen) atoms. The number of rotatable bonds is 5.